The maximum Gasteiger partial charge on any atom is 0.145 e. The second-order valence-corrected chi connectivity index (χ2v) is 6.91. The summed E-state index contributed by atoms with van der Waals surface area (Å²) in [6.07, 6.45) is 7.50. The van der Waals surface area contributed by atoms with E-state index in [1.165, 1.54) is 0 Å². The summed E-state index contributed by atoms with van der Waals surface area (Å²) in [4.78, 5) is 5.21. The average Bonchev–Trinajstić information content (AvgIpc) is 2.78. The van der Waals surface area contributed by atoms with Gasteiger partial charge in [0.1, 0.15) is 27.4 Å². The molecular formula is C14H15IN4O3. The monoisotopic (exact) mass is 414 g/mol. The highest BCUT2D eigenvalue weighted by Gasteiger charge is 2.13. The Morgan fingerprint density at radius 2 is 2.27 bits per heavy atom. The molecule has 1 aromatic rings. The molecule has 8 heteroatoms. The van der Waals surface area contributed by atoms with Gasteiger partial charge in [0.15, 0.2) is 0 Å². The number of benzene rings is 1. The summed E-state index contributed by atoms with van der Waals surface area (Å²) >= 11 is -0.595. The minimum atomic E-state index is -0.595. The van der Waals surface area contributed by atoms with Gasteiger partial charge in [-0.05, 0) is 12.2 Å². The molecule has 2 aliphatic rings. The molecule has 22 heavy (non-hydrogen) atoms. The fourth-order valence-corrected chi connectivity index (χ4v) is 3.49. The average molecular weight is 414 g/mol. The first-order valence-electron chi connectivity index (χ1n) is 6.62. The first kappa shape index (κ1) is 15.0. The topological polar surface area (TPSA) is 78.7 Å². The number of halogens is 1. The Kier molecular flexibility index (Phi) is 4.68. The molecule has 2 heterocycles. The first-order chi connectivity index (χ1) is 10.8. The predicted molar refractivity (Wildman–Crippen MR) is 92.8 cm³/mol. The van der Waals surface area contributed by atoms with E-state index in [2.05, 4.69) is 15.5 Å². The number of anilines is 1. The molecule has 0 fully saturated rings. The number of hydrogen-bond donors (Lipinski definition) is 2. The second kappa shape index (κ2) is 6.88. The summed E-state index contributed by atoms with van der Waals surface area (Å²) in [6, 6.07) is 3.29. The summed E-state index contributed by atoms with van der Waals surface area (Å²) in [5.41, 5.74) is 1.15. The van der Waals surface area contributed by atoms with E-state index in [4.69, 9.17) is 9.57 Å². The van der Waals surface area contributed by atoms with Gasteiger partial charge in [0.2, 0.25) is 0 Å². The molecule has 2 N–H and O–H groups in total. The van der Waals surface area contributed by atoms with Crippen LogP contribution in [0.25, 0.3) is 0 Å². The molecule has 0 radical (unpaired) electrons. The number of ether oxygens (including phenoxy) is 1. The van der Waals surface area contributed by atoms with E-state index in [1.54, 1.807) is 22.5 Å². The van der Waals surface area contributed by atoms with E-state index < -0.39 is 21.0 Å². The van der Waals surface area contributed by atoms with E-state index >= 15 is 0 Å². The number of phenols is 1. The first-order valence-corrected chi connectivity index (χ1v) is 8.66. The fourth-order valence-electron chi connectivity index (χ4n) is 1.88. The third-order valence-corrected chi connectivity index (χ3v) is 5.16. The van der Waals surface area contributed by atoms with Crippen LogP contribution in [0.15, 0.2) is 46.8 Å². The van der Waals surface area contributed by atoms with Gasteiger partial charge in [-0.25, -0.2) is 3.28 Å². The molecule has 0 aromatic heterocycles. The Balaban J connectivity index is 1.85. The number of azo groups is 1. The molecule has 0 aliphatic carbocycles. The van der Waals surface area contributed by atoms with Crippen molar-refractivity contribution in [2.45, 2.75) is 0 Å². The Morgan fingerprint density at radius 1 is 1.36 bits per heavy atom. The number of aromatic hydroxyl groups is 1. The summed E-state index contributed by atoms with van der Waals surface area (Å²) in [5, 5.41) is 21.6. The van der Waals surface area contributed by atoms with Crippen LogP contribution in [0.2, 0.25) is 0 Å². The normalized spacial score (nSPS) is 17.1. The number of hydroxylamine groups is 1. The predicted octanol–water partition coefficient (Wildman–Crippen LogP) is 3.24. The van der Waals surface area contributed by atoms with Gasteiger partial charge in [0.05, 0.1) is 33.8 Å². The zero-order valence-corrected chi connectivity index (χ0v) is 14.0. The Hall–Kier alpha value is -1.94. The lowest BCUT2D eigenvalue weighted by Gasteiger charge is -2.19. The van der Waals surface area contributed by atoms with Crippen molar-refractivity contribution in [2.24, 2.45) is 10.2 Å². The van der Waals surface area contributed by atoms with Gasteiger partial charge in [-0.2, -0.15) is 0 Å². The van der Waals surface area contributed by atoms with Crippen molar-refractivity contribution in [1.29, 1.82) is 0 Å². The van der Waals surface area contributed by atoms with Gasteiger partial charge < -0.3 is 15.2 Å². The van der Waals surface area contributed by atoms with Crippen molar-refractivity contribution in [2.75, 3.05) is 25.6 Å². The number of fused-ring (bicyclic) bond motifs is 1. The van der Waals surface area contributed by atoms with E-state index in [9.17, 15) is 5.11 Å². The Labute approximate surface area is 138 Å². The van der Waals surface area contributed by atoms with E-state index in [-0.39, 0.29) is 5.75 Å². The van der Waals surface area contributed by atoms with E-state index in [0.29, 0.717) is 18.0 Å². The van der Waals surface area contributed by atoms with Crippen molar-refractivity contribution in [3.8, 4) is 11.5 Å². The van der Waals surface area contributed by atoms with E-state index in [0.717, 1.165) is 15.9 Å². The van der Waals surface area contributed by atoms with Gasteiger partial charge >= 0.3 is 0 Å². The molecule has 0 spiro atoms. The van der Waals surface area contributed by atoms with Crippen LogP contribution in [0.4, 0.5) is 11.4 Å². The van der Waals surface area contributed by atoms with Crippen LogP contribution in [0.1, 0.15) is 0 Å². The molecular weight excluding hydrogens is 399 g/mol. The van der Waals surface area contributed by atoms with Crippen molar-refractivity contribution in [3.63, 3.8) is 0 Å². The summed E-state index contributed by atoms with van der Waals surface area (Å²) < 4.78 is 8.10. The van der Waals surface area contributed by atoms with Crippen molar-refractivity contribution < 1.29 is 14.7 Å². The van der Waals surface area contributed by atoms with Crippen LogP contribution < -0.4 is 10.1 Å². The highest BCUT2D eigenvalue weighted by Crippen LogP contribution is 2.38. The van der Waals surface area contributed by atoms with E-state index in [1.807, 2.05) is 24.4 Å². The highest BCUT2D eigenvalue weighted by molar-refractivity contribution is 14.2. The minimum Gasteiger partial charge on any atom is -0.506 e. The molecule has 3 rings (SSSR count). The smallest absolute Gasteiger partial charge is 0.145 e. The molecule has 0 amide bonds. The lowest BCUT2D eigenvalue weighted by atomic mass is 10.2. The van der Waals surface area contributed by atoms with Crippen molar-refractivity contribution in [3.05, 3.63) is 36.6 Å². The Morgan fingerprint density at radius 3 is 3.14 bits per heavy atom. The summed E-state index contributed by atoms with van der Waals surface area (Å²) in [7, 11) is 1.61. The van der Waals surface area contributed by atoms with Crippen LogP contribution in [0.5, 0.6) is 11.5 Å². The molecule has 116 valence electrons. The molecule has 7 nitrogen and oxygen atoms in total. The van der Waals surface area contributed by atoms with Gasteiger partial charge in [0.25, 0.3) is 0 Å². The maximum atomic E-state index is 10.0. The van der Waals surface area contributed by atoms with Gasteiger partial charge in [-0.3, -0.25) is 4.84 Å². The zero-order valence-electron chi connectivity index (χ0n) is 11.9. The van der Waals surface area contributed by atoms with Crippen LogP contribution in [-0.4, -0.2) is 32.3 Å². The van der Waals surface area contributed by atoms with Gasteiger partial charge in [-0.1, -0.05) is 6.08 Å². The summed E-state index contributed by atoms with van der Waals surface area (Å²) in [6.45, 7) is 1.31. The quantitative estimate of drug-likeness (QED) is 0.451. The third-order valence-electron chi connectivity index (χ3n) is 2.90. The third kappa shape index (κ3) is 3.45. The SMILES string of the molecule is CON1C=CC=CC(N=Nc2cc3c(cc2O)NCCO3)=I1. The number of hydrogen-bond acceptors (Lipinski definition) is 7. The largest absolute Gasteiger partial charge is 0.506 e. The second-order valence-electron chi connectivity index (χ2n) is 4.37. The molecule has 1 aromatic carbocycles. The molecule has 0 bridgehead atoms. The van der Waals surface area contributed by atoms with Crippen LogP contribution >= 0.6 is 21.0 Å². The number of phenolic OH excluding ortho intramolecular Hbond substituents is 1. The van der Waals surface area contributed by atoms with Crippen LogP contribution in [-0.2, 0) is 4.84 Å². The molecule has 0 saturated carbocycles. The standard InChI is InChI=1S/C14H15IN4O3/c1-21-19-6-3-2-4-14(15-19)18-17-10-9-13-11(8-12(10)20)16-5-7-22-13/h2-4,6,8-9,16,20H,5,7H2,1H3. The van der Waals surface area contributed by atoms with Crippen LogP contribution in [0.3, 0.4) is 0 Å². The minimum absolute atomic E-state index is 0.0682. The van der Waals surface area contributed by atoms with Crippen molar-refractivity contribution >= 4 is 36.0 Å². The van der Waals surface area contributed by atoms with Gasteiger partial charge in [0, 0.05) is 24.9 Å². The number of nitrogens with one attached hydrogen (secondary N) is 1. The number of allylic oxidation sites excluding steroid dienone is 2. The van der Waals surface area contributed by atoms with Crippen LogP contribution in [0, 0.1) is 0 Å². The highest BCUT2D eigenvalue weighted by atomic mass is 127. The van der Waals surface area contributed by atoms with Crippen molar-refractivity contribution in [1.82, 2.24) is 3.28 Å². The lowest BCUT2D eigenvalue weighted by Crippen LogP contribution is -2.17. The number of rotatable bonds is 3. The maximum absolute atomic E-state index is 10.0. The molecule has 0 unspecified atom stereocenters. The fraction of sp³-hybridized carbons (Fsp3) is 0.214. The molecule has 0 atom stereocenters. The molecule has 2 aliphatic heterocycles. The Bertz CT molecular complexity index is 685. The molecule has 0 saturated heterocycles. The lowest BCUT2D eigenvalue weighted by molar-refractivity contribution is 0.0254. The summed E-state index contributed by atoms with van der Waals surface area (Å²) in [5.74, 6) is 0.743. The van der Waals surface area contributed by atoms with Gasteiger partial charge in [-0.15, -0.1) is 10.2 Å². The zero-order chi connectivity index (χ0) is 15.4. The number of nitrogens with zero attached hydrogens (tertiary/aromatic N) is 3.